The highest BCUT2D eigenvalue weighted by atomic mass is 16.7. The maximum absolute atomic E-state index is 14.2. The summed E-state index contributed by atoms with van der Waals surface area (Å²) in [7, 11) is 3.21. The topological polar surface area (TPSA) is 55.8 Å². The lowest BCUT2D eigenvalue weighted by atomic mass is 9.47. The minimum absolute atomic E-state index is 0.111. The number of nitrogens with zero attached hydrogens (tertiary/aromatic N) is 1. The molecule has 0 saturated carbocycles. The van der Waals surface area contributed by atoms with E-state index in [0.29, 0.717) is 0 Å². The number of carbonyl (C=O) groups is 2. The van der Waals surface area contributed by atoms with E-state index in [4.69, 9.17) is 9.47 Å². The molecule has 3 aromatic rings. The van der Waals surface area contributed by atoms with Crippen LogP contribution < -0.4 is 0 Å². The number of aryl methyl sites for hydroxylation is 1. The van der Waals surface area contributed by atoms with Gasteiger partial charge in [-0.25, -0.2) is 0 Å². The Bertz CT molecular complexity index is 1250. The van der Waals surface area contributed by atoms with Gasteiger partial charge in [-0.15, -0.1) is 0 Å². The molecule has 0 N–H and O–H groups in total. The van der Waals surface area contributed by atoms with Crippen LogP contribution in [0.5, 0.6) is 0 Å². The van der Waals surface area contributed by atoms with Crippen LogP contribution in [0.25, 0.3) is 0 Å². The summed E-state index contributed by atoms with van der Waals surface area (Å²) in [6.45, 7) is 2.29. The van der Waals surface area contributed by atoms with Crippen molar-refractivity contribution in [1.82, 2.24) is 4.90 Å². The standard InChI is InChI=1S/C29H27NO4/c1-17-12-14-18(15-13-17)16-30-26(31)24-23-19-8-4-6-10-21(19)29(25(24)27(30)32,28(33-2)34-3)22-11-7-5-9-20(22)23/h4-15,23-25,28H,16H2,1-3H3. The van der Waals surface area contributed by atoms with Gasteiger partial charge in [0, 0.05) is 20.1 Å². The Morgan fingerprint density at radius 3 is 1.94 bits per heavy atom. The quantitative estimate of drug-likeness (QED) is 0.430. The maximum atomic E-state index is 14.2. The van der Waals surface area contributed by atoms with E-state index < -0.39 is 23.5 Å². The van der Waals surface area contributed by atoms with Gasteiger partial charge in [-0.3, -0.25) is 14.5 Å². The molecular formula is C29H27NO4. The number of likely N-dealkylation sites (tertiary alicyclic amines) is 1. The molecule has 1 heterocycles. The van der Waals surface area contributed by atoms with Crippen molar-refractivity contribution < 1.29 is 19.1 Å². The molecule has 2 amide bonds. The van der Waals surface area contributed by atoms with Crippen LogP contribution in [0.3, 0.4) is 0 Å². The molecule has 1 saturated heterocycles. The Hall–Kier alpha value is -3.28. The second-order valence-corrected chi connectivity index (χ2v) is 9.58. The Balaban J connectivity index is 1.58. The second kappa shape index (κ2) is 7.62. The largest absolute Gasteiger partial charge is 0.355 e. The summed E-state index contributed by atoms with van der Waals surface area (Å²) < 4.78 is 11.9. The maximum Gasteiger partial charge on any atom is 0.234 e. The van der Waals surface area contributed by atoms with Gasteiger partial charge in [0.25, 0.3) is 0 Å². The summed E-state index contributed by atoms with van der Waals surface area (Å²) in [5.41, 5.74) is 5.38. The zero-order valence-electron chi connectivity index (χ0n) is 19.5. The highest BCUT2D eigenvalue weighted by Gasteiger charge is 2.70. The minimum Gasteiger partial charge on any atom is -0.355 e. The van der Waals surface area contributed by atoms with Crippen molar-refractivity contribution in [2.75, 3.05) is 14.2 Å². The van der Waals surface area contributed by atoms with E-state index in [2.05, 4.69) is 24.3 Å². The van der Waals surface area contributed by atoms with Crippen LogP contribution in [0.1, 0.15) is 39.3 Å². The van der Waals surface area contributed by atoms with Crippen molar-refractivity contribution in [3.05, 3.63) is 106 Å². The van der Waals surface area contributed by atoms with Crippen LogP contribution in [0.4, 0.5) is 0 Å². The van der Waals surface area contributed by atoms with Crippen LogP contribution in [-0.4, -0.2) is 37.2 Å². The van der Waals surface area contributed by atoms with E-state index in [1.54, 1.807) is 14.2 Å². The number of imide groups is 1. The van der Waals surface area contributed by atoms with E-state index in [9.17, 15) is 9.59 Å². The first-order valence-corrected chi connectivity index (χ1v) is 11.7. The predicted octanol–water partition coefficient (Wildman–Crippen LogP) is 4.16. The molecule has 1 aliphatic heterocycles. The van der Waals surface area contributed by atoms with Gasteiger partial charge in [0.15, 0.2) is 6.29 Å². The number of rotatable bonds is 5. The molecule has 0 radical (unpaired) electrons. The summed E-state index contributed by atoms with van der Waals surface area (Å²) in [5, 5.41) is 0. The molecular weight excluding hydrogens is 426 g/mol. The molecule has 0 aromatic heterocycles. The third kappa shape index (κ3) is 2.57. The molecule has 7 rings (SSSR count). The highest BCUT2D eigenvalue weighted by Crippen LogP contribution is 2.65. The Morgan fingerprint density at radius 1 is 0.824 bits per heavy atom. The zero-order valence-corrected chi connectivity index (χ0v) is 19.5. The lowest BCUT2D eigenvalue weighted by Gasteiger charge is -2.56. The number of methoxy groups -OCH3 is 2. The van der Waals surface area contributed by atoms with Crippen LogP contribution in [-0.2, 0) is 31.0 Å². The molecule has 5 nitrogen and oxygen atoms in total. The van der Waals surface area contributed by atoms with Crippen LogP contribution in [0, 0.1) is 18.8 Å². The number of hydrogen-bond donors (Lipinski definition) is 0. The predicted molar refractivity (Wildman–Crippen MR) is 127 cm³/mol. The van der Waals surface area contributed by atoms with Gasteiger partial charge in [-0.05, 0) is 34.7 Å². The van der Waals surface area contributed by atoms with Crippen molar-refractivity contribution in [3.8, 4) is 0 Å². The molecule has 172 valence electrons. The van der Waals surface area contributed by atoms with Gasteiger partial charge in [-0.1, -0.05) is 78.4 Å². The van der Waals surface area contributed by atoms with E-state index in [1.807, 2.05) is 55.5 Å². The fraction of sp³-hybridized carbons (Fsp3) is 0.310. The van der Waals surface area contributed by atoms with Crippen molar-refractivity contribution in [1.29, 1.82) is 0 Å². The van der Waals surface area contributed by atoms with Crippen LogP contribution in [0.15, 0.2) is 72.8 Å². The van der Waals surface area contributed by atoms with Gasteiger partial charge >= 0.3 is 0 Å². The molecule has 5 heteroatoms. The number of carbonyl (C=O) groups excluding carboxylic acids is 2. The number of amides is 2. The third-order valence-electron chi connectivity index (χ3n) is 8.04. The summed E-state index contributed by atoms with van der Waals surface area (Å²) in [5.74, 6) is -1.52. The molecule has 4 aliphatic rings. The van der Waals surface area contributed by atoms with Gasteiger partial charge in [0.05, 0.1) is 23.8 Å². The molecule has 3 aliphatic carbocycles. The summed E-state index contributed by atoms with van der Waals surface area (Å²) in [4.78, 5) is 29.6. The third-order valence-corrected chi connectivity index (χ3v) is 8.04. The van der Waals surface area contributed by atoms with Crippen molar-refractivity contribution in [2.45, 2.75) is 31.1 Å². The van der Waals surface area contributed by atoms with E-state index >= 15 is 0 Å². The van der Waals surface area contributed by atoms with Gasteiger partial charge < -0.3 is 9.47 Å². The summed E-state index contributed by atoms with van der Waals surface area (Å²) >= 11 is 0. The summed E-state index contributed by atoms with van der Waals surface area (Å²) in [6.07, 6.45) is -0.723. The fourth-order valence-electron chi connectivity index (χ4n) is 6.79. The smallest absolute Gasteiger partial charge is 0.234 e. The molecule has 0 spiro atoms. The second-order valence-electron chi connectivity index (χ2n) is 9.58. The minimum atomic E-state index is -0.912. The Morgan fingerprint density at radius 2 is 1.38 bits per heavy atom. The molecule has 34 heavy (non-hydrogen) atoms. The molecule has 1 fully saturated rings. The summed E-state index contributed by atoms with van der Waals surface area (Å²) in [6, 6.07) is 24.3. The number of ether oxygens (including phenoxy) is 2. The highest BCUT2D eigenvalue weighted by molar-refractivity contribution is 6.08. The van der Waals surface area contributed by atoms with Crippen molar-refractivity contribution >= 4 is 11.8 Å². The van der Waals surface area contributed by atoms with E-state index in [-0.39, 0.29) is 24.3 Å². The lowest BCUT2D eigenvalue weighted by Crippen LogP contribution is -2.60. The first-order valence-electron chi connectivity index (χ1n) is 11.7. The van der Waals surface area contributed by atoms with Gasteiger partial charge in [0.1, 0.15) is 0 Å². The van der Waals surface area contributed by atoms with Crippen LogP contribution >= 0.6 is 0 Å². The average molecular weight is 454 g/mol. The lowest BCUT2D eigenvalue weighted by molar-refractivity contribution is -0.169. The first-order chi connectivity index (χ1) is 16.5. The van der Waals surface area contributed by atoms with Crippen LogP contribution in [0.2, 0.25) is 0 Å². The fourth-order valence-corrected chi connectivity index (χ4v) is 6.79. The normalized spacial score (nSPS) is 26.6. The van der Waals surface area contributed by atoms with Crippen molar-refractivity contribution in [3.63, 3.8) is 0 Å². The van der Waals surface area contributed by atoms with Gasteiger partial charge in [-0.2, -0.15) is 0 Å². The van der Waals surface area contributed by atoms with Gasteiger partial charge in [0.2, 0.25) is 11.8 Å². The molecule has 2 atom stereocenters. The monoisotopic (exact) mass is 453 g/mol. The Labute approximate surface area is 199 Å². The van der Waals surface area contributed by atoms with E-state index in [1.165, 1.54) is 4.90 Å². The Kier molecular flexibility index (Phi) is 4.77. The number of hydrogen-bond acceptors (Lipinski definition) is 4. The van der Waals surface area contributed by atoms with Crippen molar-refractivity contribution in [2.24, 2.45) is 11.8 Å². The SMILES string of the molecule is COC(OC)C12c3ccccc3C(c3ccccc31)C1C(=O)N(Cc3ccc(C)cc3)C(=O)C12. The zero-order chi connectivity index (χ0) is 23.6. The average Bonchev–Trinajstić information content (AvgIpc) is 3.12. The van der Waals surface area contributed by atoms with E-state index in [0.717, 1.165) is 33.4 Å². The first kappa shape index (κ1) is 21.3. The number of benzene rings is 3. The molecule has 2 unspecified atom stereocenters. The molecule has 3 aromatic carbocycles. The molecule has 2 bridgehead atoms.